The zero-order valence-electron chi connectivity index (χ0n) is 6.57. The highest BCUT2D eigenvalue weighted by Crippen LogP contribution is 2.33. The van der Waals surface area contributed by atoms with Crippen molar-refractivity contribution in [1.82, 2.24) is 0 Å². The van der Waals surface area contributed by atoms with Crippen molar-refractivity contribution in [3.8, 4) is 5.75 Å². The largest absolute Gasteiger partial charge is 0.446 e. The number of nitrogen functional groups attached to an aromatic ring is 1. The van der Waals surface area contributed by atoms with Crippen molar-refractivity contribution in [3.63, 3.8) is 0 Å². The van der Waals surface area contributed by atoms with Crippen molar-refractivity contribution < 1.29 is 17.2 Å². The summed E-state index contributed by atoms with van der Waals surface area (Å²) in [6, 6.07) is 2.44. The number of rotatable bonds is 2. The molecule has 3 N–H and O–H groups in total. The summed E-state index contributed by atoms with van der Waals surface area (Å²) in [5, 5.41) is 0.180. The van der Waals surface area contributed by atoms with Crippen molar-refractivity contribution in [2.45, 2.75) is 0 Å². The molecule has 0 aliphatic rings. The molecular weight excluding hydrogens is 253 g/mol. The van der Waals surface area contributed by atoms with Gasteiger partial charge in [0.1, 0.15) is 0 Å². The SMILES string of the molecule is Nc1c(Cl)cc(Cl)cc1OS(=O)(=O)O. The Morgan fingerprint density at radius 2 is 1.93 bits per heavy atom. The lowest BCUT2D eigenvalue weighted by Gasteiger charge is -2.06. The maximum atomic E-state index is 10.4. The van der Waals surface area contributed by atoms with E-state index < -0.39 is 10.4 Å². The minimum Gasteiger partial charge on any atom is -0.394 e. The van der Waals surface area contributed by atoms with Crippen LogP contribution >= 0.6 is 23.2 Å². The third-order valence-corrected chi connectivity index (χ3v) is 2.17. The highest BCUT2D eigenvalue weighted by atomic mass is 35.5. The highest BCUT2D eigenvalue weighted by Gasteiger charge is 2.13. The standard InChI is InChI=1S/C6H5Cl2NO4S/c7-3-1-4(8)6(9)5(2-3)13-14(10,11)12/h1-2H,9H2,(H,10,11,12). The van der Waals surface area contributed by atoms with Crippen LogP contribution < -0.4 is 9.92 Å². The van der Waals surface area contributed by atoms with Crippen LogP contribution in [-0.4, -0.2) is 13.0 Å². The Morgan fingerprint density at radius 3 is 2.43 bits per heavy atom. The van der Waals surface area contributed by atoms with Crippen LogP contribution in [0.15, 0.2) is 12.1 Å². The summed E-state index contributed by atoms with van der Waals surface area (Å²) >= 11 is 11.1. The van der Waals surface area contributed by atoms with Gasteiger partial charge in [0, 0.05) is 11.1 Å². The van der Waals surface area contributed by atoms with Gasteiger partial charge in [-0.15, -0.1) is 0 Å². The van der Waals surface area contributed by atoms with E-state index in [9.17, 15) is 8.42 Å². The number of nitrogens with two attached hydrogens (primary N) is 1. The molecule has 0 aliphatic heterocycles. The van der Waals surface area contributed by atoms with Crippen LogP contribution in [0.4, 0.5) is 5.69 Å². The minimum atomic E-state index is -4.63. The molecule has 0 spiro atoms. The molecule has 0 fully saturated rings. The first kappa shape index (κ1) is 11.4. The zero-order valence-corrected chi connectivity index (χ0v) is 8.90. The lowest BCUT2D eigenvalue weighted by atomic mass is 10.3. The van der Waals surface area contributed by atoms with E-state index in [0.717, 1.165) is 6.07 Å². The van der Waals surface area contributed by atoms with E-state index in [2.05, 4.69) is 4.18 Å². The molecule has 0 heterocycles. The van der Waals surface area contributed by atoms with Gasteiger partial charge in [0.25, 0.3) is 0 Å². The molecule has 8 heteroatoms. The fraction of sp³-hybridized carbons (Fsp3) is 0. The van der Waals surface area contributed by atoms with Gasteiger partial charge in [-0.3, -0.25) is 4.55 Å². The predicted octanol–water partition coefficient (Wildman–Crippen LogP) is 1.76. The van der Waals surface area contributed by atoms with E-state index in [1.54, 1.807) is 0 Å². The van der Waals surface area contributed by atoms with Gasteiger partial charge < -0.3 is 9.92 Å². The zero-order chi connectivity index (χ0) is 10.9. The van der Waals surface area contributed by atoms with Crippen molar-refractivity contribution in [2.24, 2.45) is 0 Å². The summed E-state index contributed by atoms with van der Waals surface area (Å²) in [7, 11) is -4.63. The molecule has 0 unspecified atom stereocenters. The fourth-order valence-electron chi connectivity index (χ4n) is 0.744. The van der Waals surface area contributed by atoms with Crippen molar-refractivity contribution in [3.05, 3.63) is 22.2 Å². The Hall–Kier alpha value is -0.690. The molecule has 78 valence electrons. The van der Waals surface area contributed by atoms with Crippen LogP contribution in [-0.2, 0) is 10.4 Å². The number of hydrogen-bond donors (Lipinski definition) is 2. The van der Waals surface area contributed by atoms with Crippen molar-refractivity contribution >= 4 is 39.3 Å². The molecule has 0 bridgehead atoms. The first-order valence-electron chi connectivity index (χ1n) is 3.21. The van der Waals surface area contributed by atoms with E-state index in [-0.39, 0.29) is 21.5 Å². The summed E-state index contributed by atoms with van der Waals surface area (Å²) < 4.78 is 33.2. The Kier molecular flexibility index (Phi) is 3.10. The Bertz CT molecular complexity index is 459. The number of anilines is 1. The lowest BCUT2D eigenvalue weighted by molar-refractivity contribution is 0.387. The first-order valence-corrected chi connectivity index (χ1v) is 5.33. The predicted molar refractivity (Wildman–Crippen MR) is 53.1 cm³/mol. The first-order chi connectivity index (χ1) is 6.29. The van der Waals surface area contributed by atoms with Crippen LogP contribution in [0.2, 0.25) is 10.0 Å². The van der Waals surface area contributed by atoms with Crippen molar-refractivity contribution in [1.29, 1.82) is 0 Å². The van der Waals surface area contributed by atoms with E-state index in [1.165, 1.54) is 6.07 Å². The average molecular weight is 258 g/mol. The van der Waals surface area contributed by atoms with Crippen LogP contribution in [0, 0.1) is 0 Å². The van der Waals surface area contributed by atoms with Crippen LogP contribution in [0.3, 0.4) is 0 Å². The topological polar surface area (TPSA) is 89.6 Å². The van der Waals surface area contributed by atoms with E-state index in [4.69, 9.17) is 33.5 Å². The summed E-state index contributed by atoms with van der Waals surface area (Å²) in [5.41, 5.74) is 5.25. The monoisotopic (exact) mass is 257 g/mol. The molecule has 1 rings (SSSR count). The molecule has 0 saturated heterocycles. The van der Waals surface area contributed by atoms with Crippen molar-refractivity contribution in [2.75, 3.05) is 5.73 Å². The third-order valence-electron chi connectivity index (χ3n) is 1.25. The van der Waals surface area contributed by atoms with Crippen LogP contribution in [0.5, 0.6) is 5.75 Å². The van der Waals surface area contributed by atoms with E-state index >= 15 is 0 Å². The molecule has 0 radical (unpaired) electrons. The second kappa shape index (κ2) is 3.82. The summed E-state index contributed by atoms with van der Waals surface area (Å²) in [6.45, 7) is 0. The van der Waals surface area contributed by atoms with Gasteiger partial charge in [-0.05, 0) is 6.07 Å². The molecule has 14 heavy (non-hydrogen) atoms. The molecule has 0 aliphatic carbocycles. The van der Waals surface area contributed by atoms with Gasteiger partial charge in [0.15, 0.2) is 5.75 Å². The molecule has 0 atom stereocenters. The van der Waals surface area contributed by atoms with Gasteiger partial charge in [0.05, 0.1) is 10.7 Å². The van der Waals surface area contributed by atoms with Crippen LogP contribution in [0.25, 0.3) is 0 Å². The van der Waals surface area contributed by atoms with Gasteiger partial charge in [-0.1, -0.05) is 23.2 Å². The molecule has 1 aromatic rings. The summed E-state index contributed by atoms with van der Waals surface area (Å²) in [6.07, 6.45) is 0. The molecule has 0 saturated carbocycles. The Balaban J connectivity index is 3.22. The summed E-state index contributed by atoms with van der Waals surface area (Å²) in [4.78, 5) is 0. The Labute approximate surface area is 90.3 Å². The molecule has 1 aromatic carbocycles. The van der Waals surface area contributed by atoms with Crippen LogP contribution in [0.1, 0.15) is 0 Å². The number of halogens is 2. The number of hydrogen-bond acceptors (Lipinski definition) is 4. The maximum absolute atomic E-state index is 10.4. The normalized spacial score (nSPS) is 11.4. The molecular formula is C6H5Cl2NO4S. The highest BCUT2D eigenvalue weighted by molar-refractivity contribution is 7.81. The second-order valence-electron chi connectivity index (χ2n) is 2.31. The van der Waals surface area contributed by atoms with Gasteiger partial charge in [-0.2, -0.15) is 8.42 Å². The summed E-state index contributed by atoms with van der Waals surface area (Å²) in [5.74, 6) is -0.315. The average Bonchev–Trinajstić information content (AvgIpc) is 1.96. The minimum absolute atomic E-state index is 0.0381. The van der Waals surface area contributed by atoms with Gasteiger partial charge in [0.2, 0.25) is 0 Å². The smallest absolute Gasteiger partial charge is 0.394 e. The third kappa shape index (κ3) is 2.91. The molecule has 0 aromatic heterocycles. The maximum Gasteiger partial charge on any atom is 0.446 e. The molecule has 0 amide bonds. The van der Waals surface area contributed by atoms with E-state index in [1.807, 2.05) is 0 Å². The lowest BCUT2D eigenvalue weighted by Crippen LogP contribution is -2.08. The molecule has 5 nitrogen and oxygen atoms in total. The fourth-order valence-corrected chi connectivity index (χ4v) is 1.58. The van der Waals surface area contributed by atoms with E-state index in [0.29, 0.717) is 0 Å². The Morgan fingerprint density at radius 1 is 1.36 bits per heavy atom. The van der Waals surface area contributed by atoms with Gasteiger partial charge >= 0.3 is 10.4 Å². The second-order valence-corrected chi connectivity index (χ2v) is 4.18. The quantitative estimate of drug-likeness (QED) is 0.623. The number of benzene rings is 1. The van der Waals surface area contributed by atoms with Gasteiger partial charge in [-0.25, -0.2) is 0 Å².